The number of piperidine rings is 1. The lowest BCUT2D eigenvalue weighted by Crippen LogP contribution is -2.62. The van der Waals surface area contributed by atoms with E-state index < -0.39 is 29.4 Å². The molecule has 0 radical (unpaired) electrons. The van der Waals surface area contributed by atoms with Gasteiger partial charge < -0.3 is 11.1 Å². The van der Waals surface area contributed by atoms with E-state index in [1.54, 1.807) is 0 Å². The van der Waals surface area contributed by atoms with Crippen molar-refractivity contribution in [3.63, 3.8) is 0 Å². The first kappa shape index (κ1) is 14.7. The zero-order chi connectivity index (χ0) is 15.3. The molecule has 0 amide bonds. The molecule has 1 saturated heterocycles. The Balaban J connectivity index is 2.58. The lowest BCUT2D eigenvalue weighted by Gasteiger charge is -2.48. The Labute approximate surface area is 114 Å². The summed E-state index contributed by atoms with van der Waals surface area (Å²) in [6.45, 7) is 5.57. The molecule has 0 aliphatic carbocycles. The molecule has 1 aliphatic heterocycles. The number of nitrogens with two attached hydrogens (primary N) is 1. The predicted molar refractivity (Wildman–Crippen MR) is 69.5 cm³/mol. The van der Waals surface area contributed by atoms with Gasteiger partial charge in [-0.05, 0) is 32.0 Å². The van der Waals surface area contributed by atoms with E-state index in [0.717, 1.165) is 26.0 Å². The molecular formula is C14H16F4N2. The number of halogens is 4. The normalized spacial score (nSPS) is 32.8. The van der Waals surface area contributed by atoms with Crippen LogP contribution in [0.15, 0.2) is 30.5 Å². The van der Waals surface area contributed by atoms with Crippen LogP contribution in [0, 0.1) is 5.82 Å². The number of hydrogen-bond acceptors (Lipinski definition) is 2. The van der Waals surface area contributed by atoms with Crippen LogP contribution in [0.4, 0.5) is 23.2 Å². The fraction of sp³-hybridized carbons (Fsp3) is 0.429. The summed E-state index contributed by atoms with van der Waals surface area (Å²) in [4.78, 5) is 0. The van der Waals surface area contributed by atoms with Crippen molar-refractivity contribution in [2.75, 3.05) is 5.73 Å². The van der Waals surface area contributed by atoms with E-state index in [9.17, 15) is 17.6 Å². The second-order valence-corrected chi connectivity index (χ2v) is 5.55. The first-order chi connectivity index (χ1) is 8.99. The van der Waals surface area contributed by atoms with Crippen molar-refractivity contribution in [2.24, 2.45) is 0 Å². The van der Waals surface area contributed by atoms with Gasteiger partial charge in [0.2, 0.25) is 0 Å². The summed E-state index contributed by atoms with van der Waals surface area (Å²) in [5, 5.41) is 2.34. The molecule has 0 unspecified atom stereocenters. The van der Waals surface area contributed by atoms with Crippen LogP contribution in [-0.4, -0.2) is 11.6 Å². The van der Waals surface area contributed by atoms with Crippen LogP contribution in [0.2, 0.25) is 0 Å². The number of benzene rings is 1. The molecule has 6 heteroatoms. The number of allylic oxidation sites excluding steroid dienone is 1. The van der Waals surface area contributed by atoms with Gasteiger partial charge >= 0.3 is 0 Å². The topological polar surface area (TPSA) is 38.0 Å². The fourth-order valence-electron chi connectivity index (χ4n) is 2.41. The van der Waals surface area contributed by atoms with E-state index in [-0.39, 0.29) is 16.9 Å². The molecule has 0 aromatic heterocycles. The van der Waals surface area contributed by atoms with Gasteiger partial charge in [-0.15, -0.1) is 0 Å². The smallest absolute Gasteiger partial charge is 0.278 e. The number of nitrogen functional groups attached to an aromatic ring is 1. The standard InChI is InChI=1S/C14H16F4N2/c1-8-12(2,16)7-14(17,18)13(3,20-8)10-6-9(19)4-5-11(10)15/h4-6,20H,1,7,19H2,2-3H3/t12-,13+/m0/s1. The molecule has 1 heterocycles. The van der Waals surface area contributed by atoms with Gasteiger partial charge in [0.25, 0.3) is 5.92 Å². The van der Waals surface area contributed by atoms with Crippen molar-refractivity contribution in [2.45, 2.75) is 37.4 Å². The maximum atomic E-state index is 14.4. The first-order valence-electron chi connectivity index (χ1n) is 6.09. The van der Waals surface area contributed by atoms with E-state index >= 15 is 0 Å². The Bertz CT molecular complexity index is 568. The molecule has 0 bridgehead atoms. The highest BCUT2D eigenvalue weighted by molar-refractivity contribution is 5.46. The van der Waals surface area contributed by atoms with Crippen LogP contribution in [0.1, 0.15) is 25.8 Å². The van der Waals surface area contributed by atoms with Crippen LogP contribution < -0.4 is 11.1 Å². The summed E-state index contributed by atoms with van der Waals surface area (Å²) in [7, 11) is 0. The molecular weight excluding hydrogens is 272 g/mol. The van der Waals surface area contributed by atoms with E-state index in [1.807, 2.05) is 0 Å². The molecule has 1 fully saturated rings. The Morgan fingerprint density at radius 2 is 1.85 bits per heavy atom. The maximum Gasteiger partial charge on any atom is 0.278 e. The first-order valence-corrected chi connectivity index (χ1v) is 6.09. The van der Waals surface area contributed by atoms with E-state index in [1.165, 1.54) is 6.07 Å². The third kappa shape index (κ3) is 2.03. The molecule has 2 atom stereocenters. The van der Waals surface area contributed by atoms with Crippen LogP contribution in [0.5, 0.6) is 0 Å². The summed E-state index contributed by atoms with van der Waals surface area (Å²) in [5.41, 5.74) is 0.812. The van der Waals surface area contributed by atoms with Gasteiger partial charge in [0.05, 0.1) is 6.42 Å². The molecule has 1 aromatic carbocycles. The molecule has 2 rings (SSSR count). The molecule has 1 aromatic rings. The quantitative estimate of drug-likeness (QED) is 0.613. The molecule has 110 valence electrons. The van der Waals surface area contributed by atoms with Gasteiger partial charge in [-0.25, -0.2) is 17.6 Å². The number of hydrogen-bond donors (Lipinski definition) is 2. The summed E-state index contributed by atoms with van der Waals surface area (Å²) in [5.74, 6) is -4.34. The highest BCUT2D eigenvalue weighted by atomic mass is 19.3. The van der Waals surface area contributed by atoms with E-state index in [0.29, 0.717) is 0 Å². The molecule has 20 heavy (non-hydrogen) atoms. The minimum Gasteiger partial charge on any atom is -0.399 e. The van der Waals surface area contributed by atoms with E-state index in [4.69, 9.17) is 5.73 Å². The highest BCUT2D eigenvalue weighted by Crippen LogP contribution is 2.50. The largest absolute Gasteiger partial charge is 0.399 e. The van der Waals surface area contributed by atoms with Crippen LogP contribution >= 0.6 is 0 Å². The zero-order valence-electron chi connectivity index (χ0n) is 11.2. The molecule has 3 N–H and O–H groups in total. The van der Waals surface area contributed by atoms with Gasteiger partial charge in [0.1, 0.15) is 11.4 Å². The van der Waals surface area contributed by atoms with Gasteiger partial charge in [0.15, 0.2) is 5.67 Å². The third-order valence-electron chi connectivity index (χ3n) is 3.84. The average molecular weight is 288 g/mol. The van der Waals surface area contributed by atoms with Crippen molar-refractivity contribution in [1.29, 1.82) is 0 Å². The van der Waals surface area contributed by atoms with Gasteiger partial charge in [0, 0.05) is 16.9 Å². The lowest BCUT2D eigenvalue weighted by molar-refractivity contribution is -0.136. The fourth-order valence-corrected chi connectivity index (χ4v) is 2.41. The Hall–Kier alpha value is -1.72. The van der Waals surface area contributed by atoms with E-state index in [2.05, 4.69) is 11.9 Å². The van der Waals surface area contributed by atoms with Crippen LogP contribution in [-0.2, 0) is 5.54 Å². The summed E-state index contributed by atoms with van der Waals surface area (Å²) < 4.78 is 56.7. The minimum atomic E-state index is -3.51. The Kier molecular flexibility index (Phi) is 3.04. The van der Waals surface area contributed by atoms with Gasteiger partial charge in [-0.2, -0.15) is 0 Å². The Morgan fingerprint density at radius 3 is 2.45 bits per heavy atom. The minimum absolute atomic E-state index is 0.152. The SMILES string of the molecule is C=C1N[C@](C)(c2cc(N)ccc2F)C(F)(F)C[C@]1(C)F. The predicted octanol–water partition coefficient (Wildman–Crippen LogP) is 3.49. The summed E-state index contributed by atoms with van der Waals surface area (Å²) >= 11 is 0. The summed E-state index contributed by atoms with van der Waals surface area (Å²) in [6.07, 6.45) is -1.07. The molecule has 1 aliphatic rings. The Morgan fingerprint density at radius 1 is 1.25 bits per heavy atom. The van der Waals surface area contributed by atoms with Crippen molar-refractivity contribution >= 4 is 5.69 Å². The van der Waals surface area contributed by atoms with Crippen LogP contribution in [0.25, 0.3) is 0 Å². The molecule has 2 nitrogen and oxygen atoms in total. The van der Waals surface area contributed by atoms with Crippen molar-refractivity contribution < 1.29 is 17.6 Å². The molecule has 0 saturated carbocycles. The number of anilines is 1. The average Bonchev–Trinajstić information content (AvgIpc) is 2.29. The van der Waals surface area contributed by atoms with Gasteiger partial charge in [-0.1, -0.05) is 6.58 Å². The number of alkyl halides is 3. The maximum absolute atomic E-state index is 14.4. The number of rotatable bonds is 1. The van der Waals surface area contributed by atoms with Crippen molar-refractivity contribution in [3.8, 4) is 0 Å². The monoisotopic (exact) mass is 288 g/mol. The summed E-state index contributed by atoms with van der Waals surface area (Å²) in [6, 6.07) is 3.42. The number of nitrogens with one attached hydrogen (secondary N) is 1. The lowest BCUT2D eigenvalue weighted by atomic mass is 9.75. The highest BCUT2D eigenvalue weighted by Gasteiger charge is 2.61. The van der Waals surface area contributed by atoms with Crippen molar-refractivity contribution in [3.05, 3.63) is 41.9 Å². The zero-order valence-corrected chi connectivity index (χ0v) is 11.2. The second kappa shape index (κ2) is 4.14. The second-order valence-electron chi connectivity index (χ2n) is 5.55. The van der Waals surface area contributed by atoms with Crippen molar-refractivity contribution in [1.82, 2.24) is 5.32 Å². The van der Waals surface area contributed by atoms with Crippen LogP contribution in [0.3, 0.4) is 0 Å². The molecule has 0 spiro atoms. The third-order valence-corrected chi connectivity index (χ3v) is 3.84. The van der Waals surface area contributed by atoms with Gasteiger partial charge in [-0.3, -0.25) is 0 Å².